The van der Waals surface area contributed by atoms with E-state index in [1.807, 2.05) is 36.4 Å². The van der Waals surface area contributed by atoms with Gasteiger partial charge in [0.2, 0.25) is 0 Å². The molecule has 0 saturated carbocycles. The number of hydrogen-bond donors (Lipinski definition) is 0. The summed E-state index contributed by atoms with van der Waals surface area (Å²) in [7, 11) is 0. The van der Waals surface area contributed by atoms with Gasteiger partial charge in [0.05, 0.1) is 5.69 Å². The molecule has 0 bridgehead atoms. The molecule has 0 amide bonds. The summed E-state index contributed by atoms with van der Waals surface area (Å²) in [5, 5.41) is 4.72. The Morgan fingerprint density at radius 3 is 1.52 bits per heavy atom. The number of aromatic nitrogens is 3. The lowest BCUT2D eigenvalue weighted by molar-refractivity contribution is 0.596. The Morgan fingerprint density at radius 2 is 0.836 bits per heavy atom. The summed E-state index contributed by atoms with van der Waals surface area (Å²) in [6.07, 6.45) is 0.797. The maximum Gasteiger partial charge on any atom is 0.164 e. The zero-order chi connectivity index (χ0) is 40.8. The summed E-state index contributed by atoms with van der Waals surface area (Å²) in [5.74, 6) is 1.91. The summed E-state index contributed by atoms with van der Waals surface area (Å²) in [6, 6.07) is 74.9. The van der Waals surface area contributed by atoms with Crippen LogP contribution in [0.25, 0.3) is 78.0 Å². The van der Waals surface area contributed by atoms with E-state index < -0.39 is 0 Å². The predicted octanol–water partition coefficient (Wildman–Crippen LogP) is 14.3. The van der Waals surface area contributed by atoms with E-state index in [-0.39, 0.29) is 5.41 Å². The van der Waals surface area contributed by atoms with Crippen molar-refractivity contribution in [1.82, 2.24) is 15.0 Å². The summed E-state index contributed by atoms with van der Waals surface area (Å²) < 4.78 is 0. The van der Waals surface area contributed by atoms with E-state index in [0.717, 1.165) is 67.5 Å². The zero-order valence-corrected chi connectivity index (χ0v) is 33.7. The first-order valence-corrected chi connectivity index (χ1v) is 20.8. The fourth-order valence-corrected chi connectivity index (χ4v) is 9.13. The van der Waals surface area contributed by atoms with Crippen LogP contribution in [0, 0.1) is 0 Å². The van der Waals surface area contributed by atoms with Crippen LogP contribution in [0.1, 0.15) is 30.0 Å². The average molecular weight is 781 g/mol. The van der Waals surface area contributed by atoms with Crippen LogP contribution in [0.3, 0.4) is 0 Å². The molecule has 11 rings (SSSR count). The second kappa shape index (κ2) is 15.1. The van der Waals surface area contributed by atoms with Gasteiger partial charge >= 0.3 is 0 Å². The van der Waals surface area contributed by atoms with Crippen LogP contribution in [0.15, 0.2) is 217 Å². The number of hydrogen-bond acceptors (Lipinski definition) is 4. The van der Waals surface area contributed by atoms with Gasteiger partial charge in [-0.1, -0.05) is 207 Å². The fraction of sp³-hybridized carbons (Fsp3) is 0.0526. The van der Waals surface area contributed by atoms with Crippen molar-refractivity contribution in [3.8, 4) is 56.4 Å². The third-order valence-corrected chi connectivity index (χ3v) is 12.3. The van der Waals surface area contributed by atoms with Gasteiger partial charge in [-0.3, -0.25) is 4.99 Å². The summed E-state index contributed by atoms with van der Waals surface area (Å²) in [5.41, 5.74) is 13.1. The molecule has 0 radical (unpaired) electrons. The van der Waals surface area contributed by atoms with Crippen molar-refractivity contribution >= 4 is 32.9 Å². The minimum Gasteiger partial charge on any atom is -0.252 e. The van der Waals surface area contributed by atoms with Crippen molar-refractivity contribution in [3.63, 3.8) is 0 Å². The van der Waals surface area contributed by atoms with Gasteiger partial charge in [-0.25, -0.2) is 15.0 Å². The Balaban J connectivity index is 0.977. The molecule has 288 valence electrons. The molecule has 1 atom stereocenters. The standard InChI is InChI=1S/C57H40N4/c1-57(45-20-9-4-10-21-45)37-52(58-51-36-33-40-17-11-12-22-47(40)53(51)57)42-29-27-41(28-30-42)46-34-35-50(49-24-14-13-23-48(46)49)56-60-54(43-18-7-3-8-19-43)59-55(61-56)44-31-25-39(26-32-44)38-15-5-2-6-16-38/h2-36H,37H2,1H3. The largest absolute Gasteiger partial charge is 0.252 e. The van der Waals surface area contributed by atoms with Crippen LogP contribution >= 0.6 is 0 Å². The van der Waals surface area contributed by atoms with Crippen LogP contribution < -0.4 is 0 Å². The first kappa shape index (κ1) is 36.3. The lowest BCUT2D eigenvalue weighted by atomic mass is 9.68. The maximum atomic E-state index is 5.36. The minimum absolute atomic E-state index is 0.250. The third kappa shape index (κ3) is 6.59. The van der Waals surface area contributed by atoms with Crippen LogP contribution in [0.4, 0.5) is 5.69 Å². The summed E-state index contributed by atoms with van der Waals surface area (Å²) in [4.78, 5) is 20.6. The molecule has 2 heterocycles. The van der Waals surface area contributed by atoms with E-state index in [0.29, 0.717) is 17.5 Å². The van der Waals surface area contributed by atoms with E-state index in [9.17, 15) is 0 Å². The Bertz CT molecular complexity index is 3250. The predicted molar refractivity (Wildman–Crippen MR) is 252 cm³/mol. The first-order valence-electron chi connectivity index (χ1n) is 20.8. The molecule has 1 unspecified atom stereocenters. The molecule has 0 N–H and O–H groups in total. The average Bonchev–Trinajstić information content (AvgIpc) is 3.34. The molecule has 0 spiro atoms. The van der Waals surface area contributed by atoms with Gasteiger partial charge in [-0.05, 0) is 72.6 Å². The van der Waals surface area contributed by atoms with Crippen LogP contribution in [-0.4, -0.2) is 20.7 Å². The van der Waals surface area contributed by atoms with E-state index >= 15 is 0 Å². The van der Waals surface area contributed by atoms with Gasteiger partial charge in [-0.2, -0.15) is 0 Å². The molecule has 0 aliphatic carbocycles. The first-order chi connectivity index (χ1) is 30.1. The van der Waals surface area contributed by atoms with Gasteiger partial charge in [0.25, 0.3) is 0 Å². The van der Waals surface area contributed by atoms with Crippen molar-refractivity contribution in [3.05, 3.63) is 229 Å². The van der Waals surface area contributed by atoms with Crippen molar-refractivity contribution in [2.75, 3.05) is 0 Å². The highest BCUT2D eigenvalue weighted by atomic mass is 15.0. The zero-order valence-electron chi connectivity index (χ0n) is 33.7. The van der Waals surface area contributed by atoms with E-state index in [2.05, 4.69) is 183 Å². The Hall–Kier alpha value is -7.82. The number of benzene rings is 9. The van der Waals surface area contributed by atoms with E-state index in [1.54, 1.807) is 0 Å². The van der Waals surface area contributed by atoms with Crippen LogP contribution in [0.2, 0.25) is 0 Å². The van der Waals surface area contributed by atoms with Crippen molar-refractivity contribution in [2.45, 2.75) is 18.8 Å². The third-order valence-electron chi connectivity index (χ3n) is 12.3. The molecule has 4 heteroatoms. The molecule has 61 heavy (non-hydrogen) atoms. The molecular formula is C57H40N4. The van der Waals surface area contributed by atoms with Crippen molar-refractivity contribution < 1.29 is 0 Å². The lowest BCUT2D eigenvalue weighted by Gasteiger charge is -2.37. The quantitative estimate of drug-likeness (QED) is 0.162. The molecule has 9 aromatic carbocycles. The van der Waals surface area contributed by atoms with Crippen molar-refractivity contribution in [1.29, 1.82) is 0 Å². The number of aliphatic imine (C=N–C) groups is 1. The number of rotatable bonds is 7. The molecule has 1 aliphatic heterocycles. The van der Waals surface area contributed by atoms with Crippen LogP contribution in [0.5, 0.6) is 0 Å². The number of nitrogens with zero attached hydrogens (tertiary/aromatic N) is 4. The molecule has 1 aromatic heterocycles. The molecule has 10 aromatic rings. The molecular weight excluding hydrogens is 741 g/mol. The molecule has 1 aliphatic rings. The molecule has 0 fully saturated rings. The minimum atomic E-state index is -0.250. The van der Waals surface area contributed by atoms with E-state index in [1.165, 1.54) is 27.5 Å². The highest BCUT2D eigenvalue weighted by Crippen LogP contribution is 2.48. The highest BCUT2D eigenvalue weighted by Gasteiger charge is 2.37. The summed E-state index contributed by atoms with van der Waals surface area (Å²) >= 11 is 0. The smallest absolute Gasteiger partial charge is 0.164 e. The molecule has 4 nitrogen and oxygen atoms in total. The SMILES string of the molecule is CC1(c2ccccc2)CC(c2ccc(-c3ccc(-c4nc(-c5ccccc5)nc(-c5ccc(-c6ccccc6)cc5)n4)c4ccccc34)cc2)=Nc2ccc3ccccc3c21. The van der Waals surface area contributed by atoms with Gasteiger partial charge < -0.3 is 0 Å². The summed E-state index contributed by atoms with van der Waals surface area (Å²) in [6.45, 7) is 2.38. The normalized spacial score (nSPS) is 14.7. The fourth-order valence-electron chi connectivity index (χ4n) is 9.13. The van der Waals surface area contributed by atoms with Gasteiger partial charge in [0, 0.05) is 34.2 Å². The lowest BCUT2D eigenvalue weighted by Crippen LogP contribution is -2.30. The van der Waals surface area contributed by atoms with Crippen molar-refractivity contribution in [2.24, 2.45) is 4.99 Å². The highest BCUT2D eigenvalue weighted by molar-refractivity contribution is 6.08. The maximum absolute atomic E-state index is 5.36. The number of fused-ring (bicyclic) bond motifs is 4. The second-order valence-electron chi connectivity index (χ2n) is 16.0. The molecule has 0 saturated heterocycles. The van der Waals surface area contributed by atoms with Gasteiger partial charge in [0.1, 0.15) is 0 Å². The van der Waals surface area contributed by atoms with Crippen LogP contribution in [-0.2, 0) is 5.41 Å². The van der Waals surface area contributed by atoms with Gasteiger partial charge in [-0.15, -0.1) is 0 Å². The Kier molecular flexibility index (Phi) is 8.97. The monoisotopic (exact) mass is 780 g/mol. The Morgan fingerprint density at radius 1 is 0.361 bits per heavy atom. The van der Waals surface area contributed by atoms with E-state index in [4.69, 9.17) is 19.9 Å². The second-order valence-corrected chi connectivity index (χ2v) is 16.0. The Labute approximate surface area is 355 Å². The topological polar surface area (TPSA) is 51.0 Å². The van der Waals surface area contributed by atoms with Gasteiger partial charge in [0.15, 0.2) is 17.5 Å².